The standard InChI is InChI=1S/C9H17BrN2O/c1-9(10)8-12-4-2-11(3-5-12)6-7-13/h13H,1-8H2. The first-order chi connectivity index (χ1) is 6.22. The topological polar surface area (TPSA) is 26.7 Å². The average Bonchev–Trinajstić information content (AvgIpc) is 2.08. The van der Waals surface area contributed by atoms with Crippen molar-refractivity contribution in [3.8, 4) is 0 Å². The van der Waals surface area contributed by atoms with Crippen LogP contribution in [-0.2, 0) is 0 Å². The molecule has 4 heteroatoms. The van der Waals surface area contributed by atoms with Gasteiger partial charge in [0.05, 0.1) is 6.61 Å². The molecule has 0 saturated carbocycles. The number of hydrogen-bond acceptors (Lipinski definition) is 3. The fourth-order valence-electron chi connectivity index (χ4n) is 1.56. The second-order valence-corrected chi connectivity index (χ2v) is 4.48. The van der Waals surface area contributed by atoms with Crippen LogP contribution in [-0.4, -0.2) is 60.8 Å². The molecule has 1 fully saturated rings. The summed E-state index contributed by atoms with van der Waals surface area (Å²) in [6.45, 7) is 10.1. The Morgan fingerprint density at radius 1 is 1.23 bits per heavy atom. The van der Waals surface area contributed by atoms with Crippen molar-refractivity contribution in [3.63, 3.8) is 0 Å². The zero-order chi connectivity index (χ0) is 9.68. The van der Waals surface area contributed by atoms with E-state index in [1.165, 1.54) is 0 Å². The molecule has 0 radical (unpaired) electrons. The monoisotopic (exact) mass is 248 g/mol. The Balaban J connectivity index is 2.18. The van der Waals surface area contributed by atoms with Crippen molar-refractivity contribution in [2.75, 3.05) is 45.9 Å². The Kier molecular flexibility index (Phi) is 4.94. The van der Waals surface area contributed by atoms with E-state index in [4.69, 9.17) is 5.11 Å². The first kappa shape index (κ1) is 11.2. The van der Waals surface area contributed by atoms with Crippen LogP contribution in [0.3, 0.4) is 0 Å². The third-order valence-electron chi connectivity index (χ3n) is 2.28. The molecule has 0 aromatic rings. The molecule has 1 N–H and O–H groups in total. The lowest BCUT2D eigenvalue weighted by molar-refractivity contribution is 0.120. The van der Waals surface area contributed by atoms with Crippen LogP contribution in [0.15, 0.2) is 11.1 Å². The number of rotatable bonds is 4. The van der Waals surface area contributed by atoms with Gasteiger partial charge in [-0.3, -0.25) is 9.80 Å². The number of β-amino-alcohol motifs (C(OH)–C–C–N with tert-alkyl or cyclic N) is 1. The van der Waals surface area contributed by atoms with E-state index in [9.17, 15) is 0 Å². The zero-order valence-corrected chi connectivity index (χ0v) is 9.46. The Morgan fingerprint density at radius 3 is 2.23 bits per heavy atom. The lowest BCUT2D eigenvalue weighted by Gasteiger charge is -2.34. The largest absolute Gasteiger partial charge is 0.395 e. The van der Waals surface area contributed by atoms with Crippen LogP contribution in [0.4, 0.5) is 0 Å². The molecular weight excluding hydrogens is 232 g/mol. The van der Waals surface area contributed by atoms with Crippen LogP contribution in [0, 0.1) is 0 Å². The highest BCUT2D eigenvalue weighted by molar-refractivity contribution is 9.11. The van der Waals surface area contributed by atoms with E-state index in [-0.39, 0.29) is 6.61 Å². The number of halogens is 1. The summed E-state index contributed by atoms with van der Waals surface area (Å²) in [5.41, 5.74) is 0. The van der Waals surface area contributed by atoms with Crippen molar-refractivity contribution in [1.82, 2.24) is 9.80 Å². The summed E-state index contributed by atoms with van der Waals surface area (Å²) >= 11 is 3.37. The van der Waals surface area contributed by atoms with Gasteiger partial charge in [-0.25, -0.2) is 0 Å². The molecule has 0 aromatic carbocycles. The van der Waals surface area contributed by atoms with Crippen molar-refractivity contribution >= 4 is 15.9 Å². The van der Waals surface area contributed by atoms with E-state index in [1.54, 1.807) is 0 Å². The lowest BCUT2D eigenvalue weighted by Crippen LogP contribution is -2.47. The predicted octanol–water partition coefficient (Wildman–Crippen LogP) is 0.505. The maximum Gasteiger partial charge on any atom is 0.0558 e. The van der Waals surface area contributed by atoms with Gasteiger partial charge in [0.1, 0.15) is 0 Å². The maximum absolute atomic E-state index is 8.75. The number of hydrogen-bond donors (Lipinski definition) is 1. The van der Waals surface area contributed by atoms with Gasteiger partial charge in [0.25, 0.3) is 0 Å². The minimum Gasteiger partial charge on any atom is -0.395 e. The van der Waals surface area contributed by atoms with Gasteiger partial charge in [-0.15, -0.1) is 0 Å². The molecule has 0 spiro atoms. The third kappa shape index (κ3) is 4.22. The van der Waals surface area contributed by atoms with Crippen LogP contribution >= 0.6 is 15.9 Å². The van der Waals surface area contributed by atoms with E-state index in [2.05, 4.69) is 32.3 Å². The molecular formula is C9H17BrN2O. The van der Waals surface area contributed by atoms with Gasteiger partial charge in [0, 0.05) is 43.8 Å². The average molecular weight is 249 g/mol. The first-order valence-electron chi connectivity index (χ1n) is 4.61. The maximum atomic E-state index is 8.75. The lowest BCUT2D eigenvalue weighted by atomic mass is 10.3. The Hall–Kier alpha value is 0.1000. The van der Waals surface area contributed by atoms with E-state index in [1.807, 2.05) is 0 Å². The fraction of sp³-hybridized carbons (Fsp3) is 0.778. The van der Waals surface area contributed by atoms with Crippen LogP contribution < -0.4 is 0 Å². The Labute approximate surface area is 88.1 Å². The van der Waals surface area contributed by atoms with E-state index < -0.39 is 0 Å². The molecule has 0 aromatic heterocycles. The summed E-state index contributed by atoms with van der Waals surface area (Å²) in [5, 5.41) is 8.75. The SMILES string of the molecule is C=C(Br)CN1CCN(CCO)CC1. The second-order valence-electron chi connectivity index (χ2n) is 3.36. The second kappa shape index (κ2) is 5.75. The molecule has 0 atom stereocenters. The summed E-state index contributed by atoms with van der Waals surface area (Å²) < 4.78 is 1.04. The quantitative estimate of drug-likeness (QED) is 0.786. The van der Waals surface area contributed by atoms with Crippen molar-refractivity contribution in [1.29, 1.82) is 0 Å². The molecule has 0 amide bonds. The van der Waals surface area contributed by atoms with Crippen molar-refractivity contribution in [2.45, 2.75) is 0 Å². The summed E-state index contributed by atoms with van der Waals surface area (Å²) in [6.07, 6.45) is 0. The van der Waals surface area contributed by atoms with Gasteiger partial charge in [-0.05, 0) is 0 Å². The van der Waals surface area contributed by atoms with Crippen LogP contribution in [0.5, 0.6) is 0 Å². The highest BCUT2D eigenvalue weighted by Gasteiger charge is 2.15. The molecule has 1 saturated heterocycles. The van der Waals surface area contributed by atoms with Gasteiger partial charge >= 0.3 is 0 Å². The van der Waals surface area contributed by atoms with Gasteiger partial charge in [0.2, 0.25) is 0 Å². The van der Waals surface area contributed by atoms with Gasteiger partial charge < -0.3 is 5.11 Å². The van der Waals surface area contributed by atoms with Crippen molar-refractivity contribution < 1.29 is 5.11 Å². The number of aliphatic hydroxyl groups is 1. The third-order valence-corrected chi connectivity index (χ3v) is 2.53. The summed E-state index contributed by atoms with van der Waals surface area (Å²) in [7, 11) is 0. The van der Waals surface area contributed by atoms with Crippen LogP contribution in [0.25, 0.3) is 0 Å². The minimum atomic E-state index is 0.269. The highest BCUT2D eigenvalue weighted by atomic mass is 79.9. The summed E-state index contributed by atoms with van der Waals surface area (Å²) in [4.78, 5) is 4.65. The number of nitrogens with zero attached hydrogens (tertiary/aromatic N) is 2. The first-order valence-corrected chi connectivity index (χ1v) is 5.40. The predicted molar refractivity (Wildman–Crippen MR) is 58.0 cm³/mol. The van der Waals surface area contributed by atoms with E-state index in [0.29, 0.717) is 0 Å². The molecule has 3 nitrogen and oxygen atoms in total. The number of piperazine rings is 1. The molecule has 1 aliphatic rings. The Morgan fingerprint density at radius 2 is 1.77 bits per heavy atom. The molecule has 1 aliphatic heterocycles. The smallest absolute Gasteiger partial charge is 0.0558 e. The molecule has 0 unspecified atom stereocenters. The minimum absolute atomic E-state index is 0.269. The molecule has 0 bridgehead atoms. The fourth-order valence-corrected chi connectivity index (χ4v) is 1.91. The molecule has 1 heterocycles. The van der Waals surface area contributed by atoms with Crippen LogP contribution in [0.2, 0.25) is 0 Å². The number of aliphatic hydroxyl groups excluding tert-OH is 1. The van der Waals surface area contributed by atoms with Gasteiger partial charge in [0.15, 0.2) is 0 Å². The van der Waals surface area contributed by atoms with Crippen molar-refractivity contribution in [2.24, 2.45) is 0 Å². The Bertz CT molecular complexity index is 167. The highest BCUT2D eigenvalue weighted by Crippen LogP contribution is 2.07. The summed E-state index contributed by atoms with van der Waals surface area (Å²) in [6, 6.07) is 0. The van der Waals surface area contributed by atoms with Crippen molar-refractivity contribution in [3.05, 3.63) is 11.1 Å². The summed E-state index contributed by atoms with van der Waals surface area (Å²) in [5.74, 6) is 0. The van der Waals surface area contributed by atoms with E-state index >= 15 is 0 Å². The molecule has 1 rings (SSSR count). The van der Waals surface area contributed by atoms with E-state index in [0.717, 1.165) is 43.8 Å². The zero-order valence-electron chi connectivity index (χ0n) is 7.88. The van der Waals surface area contributed by atoms with Gasteiger partial charge in [-0.1, -0.05) is 22.5 Å². The molecule has 0 aliphatic carbocycles. The molecule has 76 valence electrons. The van der Waals surface area contributed by atoms with Crippen LogP contribution in [0.1, 0.15) is 0 Å². The normalized spacial score (nSPS) is 20.5. The van der Waals surface area contributed by atoms with Gasteiger partial charge in [-0.2, -0.15) is 0 Å². The molecule has 13 heavy (non-hydrogen) atoms.